The molecule has 3 aromatic rings. The van der Waals surface area contributed by atoms with E-state index in [1.807, 2.05) is 50.2 Å². The lowest BCUT2D eigenvalue weighted by Crippen LogP contribution is -2.25. The lowest BCUT2D eigenvalue weighted by atomic mass is 10.0. The van der Waals surface area contributed by atoms with Gasteiger partial charge in [-0.2, -0.15) is 0 Å². The molecule has 6 nitrogen and oxygen atoms in total. The van der Waals surface area contributed by atoms with E-state index >= 15 is 0 Å². The van der Waals surface area contributed by atoms with Crippen molar-refractivity contribution in [1.82, 2.24) is 10.2 Å². The van der Waals surface area contributed by atoms with Crippen molar-refractivity contribution in [2.24, 2.45) is 0 Å². The summed E-state index contributed by atoms with van der Waals surface area (Å²) in [6.45, 7) is 3.95. The number of anilines is 1. The van der Waals surface area contributed by atoms with Crippen molar-refractivity contribution in [3.63, 3.8) is 0 Å². The summed E-state index contributed by atoms with van der Waals surface area (Å²) >= 11 is 2.94. The molecule has 0 unspecified atom stereocenters. The van der Waals surface area contributed by atoms with Gasteiger partial charge in [0.05, 0.1) is 0 Å². The molecular weight excluding hydrogens is 406 g/mol. The monoisotopic (exact) mass is 427 g/mol. The van der Waals surface area contributed by atoms with Crippen molar-refractivity contribution in [1.29, 1.82) is 0 Å². The Morgan fingerprint density at radius 3 is 2.86 bits per heavy atom. The van der Waals surface area contributed by atoms with Crippen LogP contribution in [0.4, 0.5) is 5.13 Å². The van der Waals surface area contributed by atoms with E-state index in [0.717, 1.165) is 27.8 Å². The van der Waals surface area contributed by atoms with Gasteiger partial charge in [0.25, 0.3) is 5.91 Å². The van der Waals surface area contributed by atoms with Crippen molar-refractivity contribution >= 4 is 34.1 Å². The largest absolute Gasteiger partial charge is 0.483 e. The molecule has 0 aliphatic carbocycles. The first-order valence-corrected chi connectivity index (χ1v) is 11.0. The maximum absolute atomic E-state index is 12.3. The smallest absolute Gasteiger partial charge is 0.264 e. The number of nitrogens with zero attached hydrogens (tertiary/aromatic N) is 2. The molecule has 1 aliphatic heterocycles. The fourth-order valence-electron chi connectivity index (χ4n) is 3.04. The Kier molecular flexibility index (Phi) is 5.73. The van der Waals surface area contributed by atoms with E-state index in [1.54, 1.807) is 11.8 Å². The van der Waals surface area contributed by atoms with E-state index in [9.17, 15) is 4.79 Å². The van der Waals surface area contributed by atoms with Crippen LogP contribution in [0.15, 0.2) is 52.9 Å². The van der Waals surface area contributed by atoms with Crippen LogP contribution in [0.3, 0.4) is 0 Å². The van der Waals surface area contributed by atoms with E-state index in [4.69, 9.17) is 9.47 Å². The number of thioether (sulfide) groups is 1. The number of fused-ring (bicyclic) bond motifs is 1. The molecule has 1 N–H and O–H groups in total. The maximum Gasteiger partial charge on any atom is 0.264 e. The van der Waals surface area contributed by atoms with Crippen LogP contribution in [0.25, 0.3) is 0 Å². The molecule has 2 aromatic carbocycles. The van der Waals surface area contributed by atoms with Crippen LogP contribution in [0, 0.1) is 0 Å². The summed E-state index contributed by atoms with van der Waals surface area (Å²) < 4.78 is 12.5. The average molecular weight is 428 g/mol. The molecule has 2 heterocycles. The van der Waals surface area contributed by atoms with Crippen molar-refractivity contribution in [2.45, 2.75) is 36.0 Å². The van der Waals surface area contributed by atoms with Gasteiger partial charge in [-0.1, -0.05) is 65.6 Å². The Hall–Kier alpha value is -2.58. The molecule has 150 valence electrons. The van der Waals surface area contributed by atoms with Crippen LogP contribution < -0.4 is 14.8 Å². The number of para-hydroxylation sites is 1. The zero-order valence-electron chi connectivity index (χ0n) is 16.2. The first-order valence-electron chi connectivity index (χ1n) is 9.22. The van der Waals surface area contributed by atoms with Crippen LogP contribution in [0.2, 0.25) is 0 Å². The first-order chi connectivity index (χ1) is 14.0. The van der Waals surface area contributed by atoms with E-state index in [-0.39, 0.29) is 18.1 Å². The molecule has 8 heteroatoms. The predicted molar refractivity (Wildman–Crippen MR) is 115 cm³/mol. The summed E-state index contributed by atoms with van der Waals surface area (Å²) in [7, 11) is 0. The highest BCUT2D eigenvalue weighted by Crippen LogP contribution is 2.41. The number of hydrogen-bond donors (Lipinski definition) is 1. The van der Waals surface area contributed by atoms with Crippen LogP contribution in [-0.4, -0.2) is 28.3 Å². The molecule has 1 amide bonds. The number of benzene rings is 2. The quantitative estimate of drug-likeness (QED) is 0.440. The summed E-state index contributed by atoms with van der Waals surface area (Å²) in [5.74, 6) is 1.83. The Morgan fingerprint density at radius 2 is 2.03 bits per heavy atom. The second-order valence-electron chi connectivity index (χ2n) is 7.27. The van der Waals surface area contributed by atoms with Gasteiger partial charge in [0.15, 0.2) is 22.4 Å². The topological polar surface area (TPSA) is 73.3 Å². The molecule has 0 fully saturated rings. The second-order valence-corrected chi connectivity index (χ2v) is 9.47. The average Bonchev–Trinajstić information content (AvgIpc) is 3.27. The van der Waals surface area contributed by atoms with Gasteiger partial charge in [0, 0.05) is 17.7 Å². The highest BCUT2D eigenvalue weighted by molar-refractivity contribution is 8.00. The molecule has 1 aromatic heterocycles. The number of hydrogen-bond acceptors (Lipinski definition) is 7. The number of rotatable bonds is 7. The highest BCUT2D eigenvalue weighted by atomic mass is 32.2. The molecular formula is C21H21N3O3S2. The van der Waals surface area contributed by atoms with Crippen LogP contribution in [0.5, 0.6) is 11.5 Å². The van der Waals surface area contributed by atoms with Gasteiger partial charge in [0.2, 0.25) is 5.13 Å². The Labute approximate surface area is 177 Å². The Morgan fingerprint density at radius 1 is 1.21 bits per heavy atom. The molecule has 0 saturated carbocycles. The molecule has 4 rings (SSSR count). The van der Waals surface area contributed by atoms with Crippen molar-refractivity contribution in [3.05, 3.63) is 59.7 Å². The summed E-state index contributed by atoms with van der Waals surface area (Å²) in [5, 5.41) is 11.4. The molecule has 0 radical (unpaired) electrons. The molecule has 0 spiro atoms. The molecule has 1 aliphatic rings. The van der Waals surface area contributed by atoms with Crippen LogP contribution >= 0.6 is 23.1 Å². The second kappa shape index (κ2) is 8.42. The van der Waals surface area contributed by atoms with E-state index < -0.39 is 0 Å². The minimum atomic E-state index is -0.282. The molecule has 29 heavy (non-hydrogen) atoms. The van der Waals surface area contributed by atoms with E-state index in [2.05, 4.69) is 27.6 Å². The maximum atomic E-state index is 12.3. The zero-order valence-corrected chi connectivity index (χ0v) is 17.8. The third-order valence-corrected chi connectivity index (χ3v) is 6.31. The number of nitrogens with one attached hydrogen (secondary N) is 1. The van der Waals surface area contributed by atoms with E-state index in [1.165, 1.54) is 16.9 Å². The van der Waals surface area contributed by atoms with Gasteiger partial charge in [0.1, 0.15) is 5.60 Å². The van der Waals surface area contributed by atoms with Gasteiger partial charge >= 0.3 is 0 Å². The fraction of sp³-hybridized carbons (Fsp3) is 0.286. The number of ether oxygens (including phenoxy) is 2. The van der Waals surface area contributed by atoms with Gasteiger partial charge in [-0.25, -0.2) is 0 Å². The predicted octanol–water partition coefficient (Wildman–Crippen LogP) is 4.56. The SMILES string of the molecule is CC1(C)Cc2cccc(OCC(=O)Nc3nnc(SCc4ccccc4)s3)c2O1. The molecule has 0 atom stereocenters. The Bertz CT molecular complexity index is 1010. The third-order valence-electron chi connectivity index (χ3n) is 4.27. The van der Waals surface area contributed by atoms with Crippen molar-refractivity contribution in [2.75, 3.05) is 11.9 Å². The van der Waals surface area contributed by atoms with Gasteiger partial charge in [-0.05, 0) is 25.5 Å². The summed E-state index contributed by atoms with van der Waals surface area (Å²) in [5.41, 5.74) is 2.05. The number of aromatic nitrogens is 2. The lowest BCUT2D eigenvalue weighted by Gasteiger charge is -2.18. The first kappa shape index (κ1) is 19.7. The van der Waals surface area contributed by atoms with Gasteiger partial charge in [-0.3, -0.25) is 10.1 Å². The molecule has 0 saturated heterocycles. The third kappa shape index (κ3) is 5.07. The summed E-state index contributed by atoms with van der Waals surface area (Å²) in [6.07, 6.45) is 0.819. The van der Waals surface area contributed by atoms with E-state index in [0.29, 0.717) is 10.9 Å². The number of carbonyl (C=O) groups excluding carboxylic acids is 1. The highest BCUT2D eigenvalue weighted by Gasteiger charge is 2.32. The summed E-state index contributed by atoms with van der Waals surface area (Å²) in [4.78, 5) is 12.3. The number of amides is 1. The molecule has 0 bridgehead atoms. The van der Waals surface area contributed by atoms with Crippen LogP contribution in [-0.2, 0) is 17.0 Å². The lowest BCUT2D eigenvalue weighted by molar-refractivity contribution is -0.118. The Balaban J connectivity index is 1.29. The standard InChI is InChI=1S/C21H21N3O3S2/c1-21(2)11-15-9-6-10-16(18(15)27-21)26-12-17(25)22-19-23-24-20(29-19)28-13-14-7-4-3-5-8-14/h3-10H,11-13H2,1-2H3,(H,22,23,25). The van der Waals surface area contributed by atoms with Gasteiger partial charge in [-0.15, -0.1) is 10.2 Å². The van der Waals surface area contributed by atoms with Crippen LogP contribution in [0.1, 0.15) is 25.0 Å². The minimum absolute atomic E-state index is 0.119. The summed E-state index contributed by atoms with van der Waals surface area (Å²) in [6, 6.07) is 15.9. The van der Waals surface area contributed by atoms with Gasteiger partial charge < -0.3 is 9.47 Å². The van der Waals surface area contributed by atoms with Crippen molar-refractivity contribution in [3.8, 4) is 11.5 Å². The fourth-order valence-corrected chi connectivity index (χ4v) is 4.76. The number of carbonyl (C=O) groups is 1. The van der Waals surface area contributed by atoms with Crippen molar-refractivity contribution < 1.29 is 14.3 Å². The zero-order chi connectivity index (χ0) is 20.3. The minimum Gasteiger partial charge on any atom is -0.483 e. The normalized spacial score (nSPS) is 14.1.